The van der Waals surface area contributed by atoms with Crippen molar-refractivity contribution in [2.24, 2.45) is 0 Å². The van der Waals surface area contributed by atoms with Gasteiger partial charge in [-0.3, -0.25) is 4.79 Å². The van der Waals surface area contributed by atoms with Crippen LogP contribution in [0.1, 0.15) is 44.4 Å². The van der Waals surface area contributed by atoms with E-state index in [1.807, 2.05) is 43.3 Å². The number of aromatic amines is 1. The van der Waals surface area contributed by atoms with Gasteiger partial charge in [0.2, 0.25) is 0 Å². The number of methoxy groups -OCH3 is 1. The number of rotatable bonds is 9. The average Bonchev–Trinajstić information content (AvgIpc) is 2.86. The predicted molar refractivity (Wildman–Crippen MR) is 137 cm³/mol. The van der Waals surface area contributed by atoms with Crippen LogP contribution in [0.15, 0.2) is 53.3 Å². The number of hydrogen-bond donors (Lipinski definition) is 1. The van der Waals surface area contributed by atoms with Gasteiger partial charge in [-0.1, -0.05) is 18.2 Å². The molecule has 0 atom stereocenters. The summed E-state index contributed by atoms with van der Waals surface area (Å²) in [6.45, 7) is 8.99. The summed E-state index contributed by atoms with van der Waals surface area (Å²) in [5.74, 6) is 0.797. The number of nitrogens with one attached hydrogen (secondary N) is 1. The van der Waals surface area contributed by atoms with E-state index in [1.165, 1.54) is 0 Å². The molecule has 1 aromatic heterocycles. The summed E-state index contributed by atoms with van der Waals surface area (Å²) in [6, 6.07) is 15.8. The van der Waals surface area contributed by atoms with Gasteiger partial charge in [-0.15, -0.1) is 0 Å². The summed E-state index contributed by atoms with van der Waals surface area (Å²) < 4.78 is 17.7. The molecule has 4 rings (SSSR count). The minimum atomic E-state index is -0.139. The van der Waals surface area contributed by atoms with Crippen LogP contribution in [0.2, 0.25) is 0 Å². The molecule has 1 saturated heterocycles. The number of pyridine rings is 1. The molecule has 1 aliphatic rings. The Morgan fingerprint density at radius 1 is 1.09 bits per heavy atom. The zero-order valence-corrected chi connectivity index (χ0v) is 20.7. The lowest BCUT2D eigenvalue weighted by atomic mass is 10.0. The van der Waals surface area contributed by atoms with Crippen LogP contribution in [-0.2, 0) is 16.1 Å². The first-order valence-corrected chi connectivity index (χ1v) is 12.1. The first-order chi connectivity index (χ1) is 16.4. The maximum atomic E-state index is 12.7. The van der Waals surface area contributed by atoms with Gasteiger partial charge >= 0.3 is 0 Å². The van der Waals surface area contributed by atoms with E-state index < -0.39 is 0 Å². The highest BCUT2D eigenvalue weighted by Gasteiger charge is 2.22. The topological polar surface area (TPSA) is 63.8 Å². The molecule has 0 saturated carbocycles. The molecule has 0 unspecified atom stereocenters. The Morgan fingerprint density at radius 2 is 1.85 bits per heavy atom. The fourth-order valence-electron chi connectivity index (χ4n) is 4.31. The molecule has 1 aliphatic heterocycles. The number of H-pyrrole nitrogens is 1. The Morgan fingerprint density at radius 3 is 2.62 bits per heavy atom. The van der Waals surface area contributed by atoms with E-state index in [0.29, 0.717) is 23.7 Å². The van der Waals surface area contributed by atoms with Gasteiger partial charge in [0.15, 0.2) is 5.43 Å². The van der Waals surface area contributed by atoms with Crippen molar-refractivity contribution in [1.29, 1.82) is 0 Å². The second-order valence-electron chi connectivity index (χ2n) is 9.66. The summed E-state index contributed by atoms with van der Waals surface area (Å²) in [7, 11) is 1.75. The van der Waals surface area contributed by atoms with Crippen molar-refractivity contribution >= 4 is 16.6 Å². The number of anilines is 1. The zero-order valence-electron chi connectivity index (χ0n) is 20.7. The van der Waals surface area contributed by atoms with Crippen LogP contribution in [0.4, 0.5) is 5.69 Å². The summed E-state index contributed by atoms with van der Waals surface area (Å²) in [5.41, 5.74) is 3.41. The molecule has 3 aromatic rings. The van der Waals surface area contributed by atoms with Gasteiger partial charge in [-0.2, -0.15) is 0 Å². The summed E-state index contributed by atoms with van der Waals surface area (Å²) in [4.78, 5) is 18.4. The molecule has 34 heavy (non-hydrogen) atoms. The van der Waals surface area contributed by atoms with Gasteiger partial charge in [-0.25, -0.2) is 0 Å². The summed E-state index contributed by atoms with van der Waals surface area (Å²) in [5, 5.41) is 0.709. The molecule has 0 radical (unpaired) electrons. The van der Waals surface area contributed by atoms with Gasteiger partial charge < -0.3 is 24.1 Å². The van der Waals surface area contributed by atoms with Crippen molar-refractivity contribution in [2.45, 2.75) is 58.3 Å². The van der Waals surface area contributed by atoms with E-state index in [-0.39, 0.29) is 11.0 Å². The second kappa shape index (κ2) is 10.6. The molecule has 1 fully saturated rings. The number of piperidine rings is 1. The van der Waals surface area contributed by atoms with Crippen molar-refractivity contribution in [3.63, 3.8) is 0 Å². The number of para-hydroxylation sites is 1. The first-order valence-electron chi connectivity index (χ1n) is 12.1. The lowest BCUT2D eigenvalue weighted by Crippen LogP contribution is -2.37. The largest absolute Gasteiger partial charge is 0.487 e. The normalized spacial score (nSPS) is 15.1. The molecule has 6 heteroatoms. The summed E-state index contributed by atoms with van der Waals surface area (Å²) >= 11 is 0. The molecule has 0 bridgehead atoms. The zero-order chi connectivity index (χ0) is 24.1. The minimum Gasteiger partial charge on any atom is -0.487 e. The first kappa shape index (κ1) is 24.3. The molecule has 6 nitrogen and oxygen atoms in total. The van der Waals surface area contributed by atoms with E-state index in [4.69, 9.17) is 14.2 Å². The van der Waals surface area contributed by atoms with E-state index in [0.717, 1.165) is 61.6 Å². The third-order valence-corrected chi connectivity index (χ3v) is 6.87. The Labute approximate surface area is 201 Å². The lowest BCUT2D eigenvalue weighted by molar-refractivity contribution is -0.0312. The van der Waals surface area contributed by atoms with Crippen LogP contribution in [-0.4, -0.2) is 43.5 Å². The SMILES string of the molecule is COC(C)(C)CCOC1CCN(c2cccc(OCc3[nH]c4ccccc4c(=O)c3C)c2)CC1. The standard InChI is InChI=1S/C28H36N2O4/c1-20-26(29-25-11-6-5-10-24(25)27(20)31)19-34-23-9-7-8-21(18-23)30-15-12-22(13-16-30)33-17-14-28(2,3)32-4/h5-11,18,22H,12-17,19H2,1-4H3,(H,29,31). The number of ether oxygens (including phenoxy) is 3. The van der Waals surface area contributed by atoms with Crippen LogP contribution in [0.5, 0.6) is 5.75 Å². The highest BCUT2D eigenvalue weighted by Crippen LogP contribution is 2.26. The third kappa shape index (κ3) is 5.80. The molecular weight excluding hydrogens is 428 g/mol. The average molecular weight is 465 g/mol. The number of aromatic nitrogens is 1. The molecule has 0 spiro atoms. The van der Waals surface area contributed by atoms with Gasteiger partial charge in [0.25, 0.3) is 0 Å². The van der Waals surface area contributed by atoms with Crippen molar-refractivity contribution in [3.05, 3.63) is 70.0 Å². The van der Waals surface area contributed by atoms with Crippen molar-refractivity contribution in [3.8, 4) is 5.75 Å². The Kier molecular flexibility index (Phi) is 7.59. The fourth-order valence-corrected chi connectivity index (χ4v) is 4.31. The van der Waals surface area contributed by atoms with Gasteiger partial charge in [-0.05, 0) is 64.3 Å². The van der Waals surface area contributed by atoms with Crippen LogP contribution in [0.3, 0.4) is 0 Å². The van der Waals surface area contributed by atoms with Crippen LogP contribution < -0.4 is 15.1 Å². The molecule has 0 aliphatic carbocycles. The number of fused-ring (bicyclic) bond motifs is 1. The van der Waals surface area contributed by atoms with E-state index in [9.17, 15) is 4.79 Å². The van der Waals surface area contributed by atoms with Crippen molar-refractivity contribution in [2.75, 3.05) is 31.7 Å². The smallest absolute Gasteiger partial charge is 0.192 e. The van der Waals surface area contributed by atoms with E-state index >= 15 is 0 Å². The maximum absolute atomic E-state index is 12.7. The Balaban J connectivity index is 1.33. The van der Waals surface area contributed by atoms with E-state index in [2.05, 4.69) is 35.9 Å². The number of hydrogen-bond acceptors (Lipinski definition) is 5. The highest BCUT2D eigenvalue weighted by atomic mass is 16.5. The Hall–Kier alpha value is -2.83. The monoisotopic (exact) mass is 464 g/mol. The minimum absolute atomic E-state index is 0.0533. The second-order valence-corrected chi connectivity index (χ2v) is 9.66. The summed E-state index contributed by atoms with van der Waals surface area (Å²) in [6.07, 6.45) is 3.22. The quantitative estimate of drug-likeness (QED) is 0.471. The Bertz CT molecular complexity index is 1160. The third-order valence-electron chi connectivity index (χ3n) is 6.87. The van der Waals surface area contributed by atoms with Gasteiger partial charge in [0.1, 0.15) is 12.4 Å². The lowest BCUT2D eigenvalue weighted by Gasteiger charge is -2.34. The highest BCUT2D eigenvalue weighted by molar-refractivity contribution is 5.79. The molecule has 0 amide bonds. The predicted octanol–water partition coefficient (Wildman–Crippen LogP) is 5.22. The molecule has 2 aromatic carbocycles. The van der Waals surface area contributed by atoms with Crippen molar-refractivity contribution in [1.82, 2.24) is 4.98 Å². The number of nitrogens with zero attached hydrogens (tertiary/aromatic N) is 1. The van der Waals surface area contributed by atoms with Crippen LogP contribution in [0, 0.1) is 6.92 Å². The number of benzene rings is 2. The molecular formula is C28H36N2O4. The van der Waals surface area contributed by atoms with Gasteiger partial charge in [0, 0.05) is 55.0 Å². The van der Waals surface area contributed by atoms with Gasteiger partial charge in [0.05, 0.1) is 17.4 Å². The maximum Gasteiger partial charge on any atom is 0.192 e. The molecule has 182 valence electrons. The van der Waals surface area contributed by atoms with Crippen LogP contribution in [0.25, 0.3) is 10.9 Å². The van der Waals surface area contributed by atoms with Crippen molar-refractivity contribution < 1.29 is 14.2 Å². The fraction of sp³-hybridized carbons (Fsp3) is 0.464. The van der Waals surface area contributed by atoms with E-state index in [1.54, 1.807) is 7.11 Å². The van der Waals surface area contributed by atoms with Crippen LogP contribution >= 0.6 is 0 Å². The molecule has 2 heterocycles. The molecule has 1 N–H and O–H groups in total.